The van der Waals surface area contributed by atoms with E-state index in [9.17, 15) is 18.0 Å². The van der Waals surface area contributed by atoms with Gasteiger partial charge in [-0.1, -0.05) is 6.92 Å². The molecular formula is C10H17F3N2O2. The second-order valence-corrected chi connectivity index (χ2v) is 4.05. The molecule has 0 aromatic heterocycles. The summed E-state index contributed by atoms with van der Waals surface area (Å²) in [6, 6.07) is -0.838. The molecule has 7 heteroatoms. The van der Waals surface area contributed by atoms with Gasteiger partial charge in [0.25, 0.3) is 0 Å². The van der Waals surface area contributed by atoms with Crippen LogP contribution in [0.1, 0.15) is 19.8 Å². The smallest absolute Gasteiger partial charge is 0.379 e. The maximum atomic E-state index is 12.3. The molecule has 100 valence electrons. The molecule has 0 radical (unpaired) electrons. The van der Waals surface area contributed by atoms with Gasteiger partial charge in [0, 0.05) is 13.2 Å². The number of nitrogens with zero attached hydrogens (tertiary/aromatic N) is 1. The number of hydrogen-bond acceptors (Lipinski definition) is 2. The average Bonchev–Trinajstić information content (AvgIpc) is 2.67. The minimum absolute atomic E-state index is 0.0962. The highest BCUT2D eigenvalue weighted by Gasteiger charge is 2.33. The minimum Gasteiger partial charge on any atom is -0.379 e. The lowest BCUT2D eigenvalue weighted by Gasteiger charge is -2.25. The van der Waals surface area contributed by atoms with Gasteiger partial charge in [0.15, 0.2) is 0 Å². The van der Waals surface area contributed by atoms with Gasteiger partial charge in [-0.15, -0.1) is 0 Å². The average molecular weight is 254 g/mol. The lowest BCUT2D eigenvalue weighted by Crippen LogP contribution is -2.48. The molecule has 0 bridgehead atoms. The number of nitrogens with one attached hydrogen (secondary N) is 1. The Balaban J connectivity index is 2.47. The Morgan fingerprint density at radius 3 is 2.71 bits per heavy atom. The third-order valence-corrected chi connectivity index (χ3v) is 2.41. The van der Waals surface area contributed by atoms with E-state index in [1.165, 1.54) is 0 Å². The summed E-state index contributed by atoms with van der Waals surface area (Å²) in [4.78, 5) is 12.4. The van der Waals surface area contributed by atoms with Gasteiger partial charge in [-0.2, -0.15) is 13.2 Å². The Morgan fingerprint density at radius 2 is 2.24 bits per heavy atom. The molecule has 17 heavy (non-hydrogen) atoms. The number of carbonyl (C=O) groups excluding carboxylic acids is 1. The van der Waals surface area contributed by atoms with E-state index < -0.39 is 18.8 Å². The predicted octanol–water partition coefficient (Wildman–Crippen LogP) is 1.76. The lowest BCUT2D eigenvalue weighted by molar-refractivity contribution is -0.140. The first-order valence-electron chi connectivity index (χ1n) is 5.62. The molecule has 1 aliphatic rings. The highest BCUT2D eigenvalue weighted by Crippen LogP contribution is 2.17. The van der Waals surface area contributed by atoms with Crippen LogP contribution in [-0.2, 0) is 4.74 Å². The van der Waals surface area contributed by atoms with Crippen molar-refractivity contribution in [2.75, 3.05) is 26.3 Å². The van der Waals surface area contributed by atoms with Crippen LogP contribution in [0.25, 0.3) is 0 Å². The van der Waals surface area contributed by atoms with Crippen LogP contribution >= 0.6 is 0 Å². The molecule has 1 aliphatic heterocycles. The molecule has 0 aromatic rings. The number of halogens is 3. The van der Waals surface area contributed by atoms with Gasteiger partial charge in [-0.05, 0) is 12.8 Å². The fourth-order valence-corrected chi connectivity index (χ4v) is 1.65. The molecule has 4 nitrogen and oxygen atoms in total. The SMILES string of the molecule is CCCN(CC(F)(F)F)C(=O)NC1CCOC1. The maximum Gasteiger partial charge on any atom is 0.406 e. The first kappa shape index (κ1) is 14.1. The fourth-order valence-electron chi connectivity index (χ4n) is 1.65. The quantitative estimate of drug-likeness (QED) is 0.830. The second kappa shape index (κ2) is 6.09. The van der Waals surface area contributed by atoms with E-state index in [4.69, 9.17) is 4.74 Å². The van der Waals surface area contributed by atoms with Crippen LogP contribution in [0.15, 0.2) is 0 Å². The van der Waals surface area contributed by atoms with Gasteiger partial charge in [-0.25, -0.2) is 4.79 Å². The van der Waals surface area contributed by atoms with E-state index in [1.807, 2.05) is 0 Å². The first-order chi connectivity index (χ1) is 7.92. The molecule has 1 N–H and O–H groups in total. The molecule has 1 saturated heterocycles. The molecule has 0 saturated carbocycles. The first-order valence-corrected chi connectivity index (χ1v) is 5.62. The van der Waals surface area contributed by atoms with Crippen LogP contribution in [-0.4, -0.2) is 49.5 Å². The molecule has 1 rings (SSSR count). The van der Waals surface area contributed by atoms with E-state index in [-0.39, 0.29) is 12.6 Å². The van der Waals surface area contributed by atoms with Crippen molar-refractivity contribution in [3.8, 4) is 0 Å². The Morgan fingerprint density at radius 1 is 1.53 bits per heavy atom. The van der Waals surface area contributed by atoms with E-state index >= 15 is 0 Å². The van der Waals surface area contributed by atoms with E-state index in [0.29, 0.717) is 26.1 Å². The summed E-state index contributed by atoms with van der Waals surface area (Å²) < 4.78 is 41.8. The number of alkyl halides is 3. The molecule has 0 aliphatic carbocycles. The summed E-state index contributed by atoms with van der Waals surface area (Å²) in [5.41, 5.74) is 0. The molecule has 0 spiro atoms. The standard InChI is InChI=1S/C10H17F3N2O2/c1-2-4-15(7-10(11,12)13)9(16)14-8-3-5-17-6-8/h8H,2-7H2,1H3,(H,14,16). The molecular weight excluding hydrogens is 237 g/mol. The largest absolute Gasteiger partial charge is 0.406 e. The van der Waals surface area contributed by atoms with Crippen LogP contribution in [0.2, 0.25) is 0 Å². The summed E-state index contributed by atoms with van der Waals surface area (Å²) >= 11 is 0. The second-order valence-electron chi connectivity index (χ2n) is 4.05. The number of hydrogen-bond donors (Lipinski definition) is 1. The highest BCUT2D eigenvalue weighted by atomic mass is 19.4. The predicted molar refractivity (Wildman–Crippen MR) is 55.7 cm³/mol. The van der Waals surface area contributed by atoms with Crippen LogP contribution in [0.5, 0.6) is 0 Å². The van der Waals surface area contributed by atoms with Crippen LogP contribution in [0, 0.1) is 0 Å². The molecule has 0 aromatic carbocycles. The van der Waals surface area contributed by atoms with Crippen LogP contribution in [0.4, 0.5) is 18.0 Å². The van der Waals surface area contributed by atoms with Gasteiger partial charge >= 0.3 is 12.2 Å². The van der Waals surface area contributed by atoms with Crippen molar-refractivity contribution in [2.45, 2.75) is 32.0 Å². The van der Waals surface area contributed by atoms with Crippen molar-refractivity contribution in [2.24, 2.45) is 0 Å². The zero-order valence-corrected chi connectivity index (χ0v) is 9.72. The van der Waals surface area contributed by atoms with E-state index in [1.54, 1.807) is 6.92 Å². The van der Waals surface area contributed by atoms with Crippen molar-refractivity contribution in [1.82, 2.24) is 10.2 Å². The third kappa shape index (κ3) is 5.25. The summed E-state index contributed by atoms with van der Waals surface area (Å²) in [5, 5.41) is 2.55. The summed E-state index contributed by atoms with van der Waals surface area (Å²) in [6.07, 6.45) is -3.22. The number of rotatable bonds is 4. The van der Waals surface area contributed by atoms with Crippen molar-refractivity contribution in [1.29, 1.82) is 0 Å². The van der Waals surface area contributed by atoms with Crippen molar-refractivity contribution < 1.29 is 22.7 Å². The van der Waals surface area contributed by atoms with Gasteiger partial charge in [0.2, 0.25) is 0 Å². The van der Waals surface area contributed by atoms with Gasteiger partial charge in [0.05, 0.1) is 12.6 Å². The number of ether oxygens (including phenoxy) is 1. The highest BCUT2D eigenvalue weighted by molar-refractivity contribution is 5.74. The summed E-state index contributed by atoms with van der Waals surface area (Å²) in [5.74, 6) is 0. The van der Waals surface area contributed by atoms with Crippen LogP contribution in [0.3, 0.4) is 0 Å². The van der Waals surface area contributed by atoms with Gasteiger partial charge < -0.3 is 15.0 Å². The Labute approximate surface area is 98.1 Å². The topological polar surface area (TPSA) is 41.6 Å². The lowest BCUT2D eigenvalue weighted by atomic mass is 10.3. The molecule has 1 unspecified atom stereocenters. The maximum absolute atomic E-state index is 12.3. The van der Waals surface area contributed by atoms with Crippen molar-refractivity contribution >= 4 is 6.03 Å². The molecule has 1 fully saturated rings. The molecule has 2 amide bonds. The van der Waals surface area contributed by atoms with Gasteiger partial charge in [-0.3, -0.25) is 0 Å². The zero-order chi connectivity index (χ0) is 12.9. The Hall–Kier alpha value is -0.980. The molecule has 1 atom stereocenters. The molecule has 1 heterocycles. The third-order valence-electron chi connectivity index (χ3n) is 2.41. The number of urea groups is 1. The zero-order valence-electron chi connectivity index (χ0n) is 9.72. The normalized spacial score (nSPS) is 20.4. The Bertz CT molecular complexity index is 252. The van der Waals surface area contributed by atoms with Crippen molar-refractivity contribution in [3.05, 3.63) is 0 Å². The van der Waals surface area contributed by atoms with Crippen LogP contribution < -0.4 is 5.32 Å². The Kier molecular flexibility index (Phi) is 5.04. The summed E-state index contributed by atoms with van der Waals surface area (Å²) in [7, 11) is 0. The summed E-state index contributed by atoms with van der Waals surface area (Å²) in [6.45, 7) is 1.53. The number of amides is 2. The number of carbonyl (C=O) groups is 1. The van der Waals surface area contributed by atoms with Gasteiger partial charge in [0.1, 0.15) is 6.54 Å². The van der Waals surface area contributed by atoms with E-state index in [0.717, 1.165) is 4.90 Å². The van der Waals surface area contributed by atoms with E-state index in [2.05, 4.69) is 5.32 Å². The fraction of sp³-hybridized carbons (Fsp3) is 0.900. The van der Waals surface area contributed by atoms with Crippen molar-refractivity contribution in [3.63, 3.8) is 0 Å². The monoisotopic (exact) mass is 254 g/mol. The minimum atomic E-state index is -4.36.